The molecule has 2 aliphatic rings. The fourth-order valence-corrected chi connectivity index (χ4v) is 6.07. The zero-order valence-corrected chi connectivity index (χ0v) is 35.7. The van der Waals surface area contributed by atoms with Gasteiger partial charge in [-0.25, -0.2) is 9.59 Å². The summed E-state index contributed by atoms with van der Waals surface area (Å²) >= 11 is 14.4. The molecule has 2 fully saturated rings. The summed E-state index contributed by atoms with van der Waals surface area (Å²) in [7, 11) is 0. The van der Waals surface area contributed by atoms with Crippen molar-refractivity contribution in [3.8, 4) is 17.0 Å². The third kappa shape index (κ3) is 13.5. The van der Waals surface area contributed by atoms with E-state index in [0.717, 1.165) is 11.4 Å². The normalized spacial score (nSPS) is 14.5. The Morgan fingerprint density at radius 2 is 1.07 bits per heavy atom. The lowest BCUT2D eigenvalue weighted by molar-refractivity contribution is 0.0230. The Labute approximate surface area is 349 Å². The SMILES string of the molecule is CC(C)(C)OC(=O)N1CCN(c2cc(-c3ccccc3O)nnc2N)CC1.CC(C)(C)OC(=O)N1CCN(c2cc(Cl)nnc2N)CC1.Nc1nnc(Cl)cc1Br. The van der Waals surface area contributed by atoms with Crippen molar-refractivity contribution in [3.63, 3.8) is 0 Å². The third-order valence-electron chi connectivity index (χ3n) is 8.04. The first-order chi connectivity index (χ1) is 26.7. The number of phenolic OH excluding ortho intramolecular Hbond substituents is 1. The van der Waals surface area contributed by atoms with E-state index in [1.165, 1.54) is 0 Å². The van der Waals surface area contributed by atoms with Gasteiger partial charge < -0.3 is 51.4 Å². The molecule has 7 N–H and O–H groups in total. The molecule has 308 valence electrons. The van der Waals surface area contributed by atoms with Gasteiger partial charge >= 0.3 is 12.2 Å². The highest BCUT2D eigenvalue weighted by Gasteiger charge is 2.28. The van der Waals surface area contributed by atoms with Crippen LogP contribution in [-0.4, -0.2) is 121 Å². The van der Waals surface area contributed by atoms with E-state index >= 15 is 0 Å². The van der Waals surface area contributed by atoms with Crippen LogP contribution in [0.15, 0.2) is 46.9 Å². The molecular formula is C36H48BrCl2N13O5. The monoisotopic (exact) mass is 891 g/mol. The number of nitrogens with zero attached hydrogens (tertiary/aromatic N) is 10. The molecule has 57 heavy (non-hydrogen) atoms. The lowest BCUT2D eigenvalue weighted by Crippen LogP contribution is -2.50. The van der Waals surface area contributed by atoms with Crippen LogP contribution in [0.5, 0.6) is 5.75 Å². The van der Waals surface area contributed by atoms with Gasteiger partial charge in [-0.3, -0.25) is 0 Å². The first-order valence-corrected chi connectivity index (χ1v) is 19.4. The molecule has 1 aromatic carbocycles. The second kappa shape index (κ2) is 19.3. The summed E-state index contributed by atoms with van der Waals surface area (Å²) in [6.07, 6.45) is -0.598. The van der Waals surface area contributed by atoms with Crippen molar-refractivity contribution in [2.24, 2.45) is 0 Å². The second-order valence-corrected chi connectivity index (χ2v) is 16.4. The average molecular weight is 894 g/mol. The quantitative estimate of drug-likeness (QED) is 0.192. The second-order valence-electron chi connectivity index (χ2n) is 14.8. The Kier molecular flexibility index (Phi) is 15.1. The van der Waals surface area contributed by atoms with Crippen LogP contribution in [0, 0.1) is 0 Å². The number of benzene rings is 1. The molecule has 4 aromatic rings. The van der Waals surface area contributed by atoms with E-state index in [4.69, 9.17) is 49.9 Å². The molecule has 0 unspecified atom stereocenters. The van der Waals surface area contributed by atoms with Crippen molar-refractivity contribution in [2.45, 2.75) is 52.7 Å². The Balaban J connectivity index is 0.000000212. The van der Waals surface area contributed by atoms with E-state index in [0.29, 0.717) is 95.8 Å². The van der Waals surface area contributed by atoms with Crippen molar-refractivity contribution in [2.75, 3.05) is 79.4 Å². The number of nitrogens with two attached hydrogens (primary N) is 3. The summed E-state index contributed by atoms with van der Waals surface area (Å²) in [5.74, 6) is 1.14. The summed E-state index contributed by atoms with van der Waals surface area (Å²) in [5, 5.41) is 33.4. The number of nitrogen functional groups attached to an aromatic ring is 3. The van der Waals surface area contributed by atoms with Crippen molar-refractivity contribution in [1.29, 1.82) is 0 Å². The van der Waals surface area contributed by atoms with E-state index in [9.17, 15) is 14.7 Å². The highest BCUT2D eigenvalue weighted by molar-refractivity contribution is 9.10. The predicted molar refractivity (Wildman–Crippen MR) is 224 cm³/mol. The number of para-hydroxylation sites is 1. The highest BCUT2D eigenvalue weighted by Crippen LogP contribution is 2.32. The Morgan fingerprint density at radius 1 is 0.649 bits per heavy atom. The third-order valence-corrected chi connectivity index (χ3v) is 9.05. The number of anilines is 5. The summed E-state index contributed by atoms with van der Waals surface area (Å²) in [6, 6.07) is 12.1. The Morgan fingerprint density at radius 3 is 1.51 bits per heavy atom. The maximum atomic E-state index is 12.2. The van der Waals surface area contributed by atoms with Gasteiger partial charge in [-0.15, -0.1) is 30.6 Å². The summed E-state index contributed by atoms with van der Waals surface area (Å²) in [6.45, 7) is 15.8. The van der Waals surface area contributed by atoms with Crippen molar-refractivity contribution < 1.29 is 24.2 Å². The lowest BCUT2D eigenvalue weighted by Gasteiger charge is -2.36. The number of rotatable bonds is 3. The minimum Gasteiger partial charge on any atom is -0.507 e. The van der Waals surface area contributed by atoms with Gasteiger partial charge in [0.05, 0.1) is 21.5 Å². The number of carbonyl (C=O) groups is 2. The van der Waals surface area contributed by atoms with Gasteiger partial charge in [-0.2, -0.15) is 0 Å². The molecule has 0 bridgehead atoms. The number of hydrogen-bond donors (Lipinski definition) is 4. The molecule has 6 rings (SSSR count). The van der Waals surface area contributed by atoms with Gasteiger partial charge in [0.2, 0.25) is 0 Å². The number of hydrogen-bond acceptors (Lipinski definition) is 16. The van der Waals surface area contributed by atoms with E-state index < -0.39 is 11.2 Å². The molecule has 0 radical (unpaired) electrons. The van der Waals surface area contributed by atoms with Crippen LogP contribution in [0.1, 0.15) is 41.5 Å². The molecule has 18 nitrogen and oxygen atoms in total. The average Bonchev–Trinajstić information content (AvgIpc) is 3.14. The van der Waals surface area contributed by atoms with Gasteiger partial charge in [0.25, 0.3) is 0 Å². The number of carbonyl (C=O) groups excluding carboxylic acids is 2. The summed E-state index contributed by atoms with van der Waals surface area (Å²) in [5.41, 5.74) is 18.8. The maximum absolute atomic E-state index is 12.2. The molecule has 21 heteroatoms. The van der Waals surface area contributed by atoms with Gasteiger partial charge in [-0.1, -0.05) is 35.3 Å². The first-order valence-electron chi connectivity index (χ1n) is 17.8. The molecule has 5 heterocycles. The maximum Gasteiger partial charge on any atom is 0.410 e. The van der Waals surface area contributed by atoms with E-state index in [1.807, 2.05) is 58.6 Å². The smallest absolute Gasteiger partial charge is 0.410 e. The number of phenols is 1. The Hall–Kier alpha value is -5.14. The van der Waals surface area contributed by atoms with Crippen molar-refractivity contribution >= 4 is 80.1 Å². The summed E-state index contributed by atoms with van der Waals surface area (Å²) < 4.78 is 11.5. The zero-order chi connectivity index (χ0) is 42.1. The number of amides is 2. The number of ether oxygens (including phenoxy) is 2. The minimum atomic E-state index is -0.514. The van der Waals surface area contributed by atoms with E-state index in [1.54, 1.807) is 40.1 Å². The molecule has 0 spiro atoms. The van der Waals surface area contributed by atoms with Gasteiger partial charge in [0.15, 0.2) is 27.8 Å². The van der Waals surface area contributed by atoms with Crippen LogP contribution in [0.25, 0.3) is 11.3 Å². The molecular weight excluding hydrogens is 845 g/mol. The largest absolute Gasteiger partial charge is 0.507 e. The fourth-order valence-electron chi connectivity index (χ4n) is 5.36. The number of aromatic hydroxyl groups is 1. The molecule has 3 aromatic heterocycles. The van der Waals surface area contributed by atoms with Crippen LogP contribution in [0.2, 0.25) is 10.3 Å². The van der Waals surface area contributed by atoms with Crippen molar-refractivity contribution in [3.05, 3.63) is 57.2 Å². The topological polar surface area (TPSA) is 241 Å². The predicted octanol–water partition coefficient (Wildman–Crippen LogP) is 5.73. The van der Waals surface area contributed by atoms with Gasteiger partial charge in [0.1, 0.15) is 17.0 Å². The van der Waals surface area contributed by atoms with Crippen LogP contribution in [0.4, 0.5) is 38.4 Å². The van der Waals surface area contributed by atoms with E-state index in [2.05, 4.69) is 51.4 Å². The molecule has 2 saturated heterocycles. The minimum absolute atomic E-state index is 0.136. The first kappa shape index (κ1) is 44.6. The number of aromatic nitrogens is 6. The zero-order valence-electron chi connectivity index (χ0n) is 32.6. The molecule has 0 atom stereocenters. The molecule has 0 aliphatic carbocycles. The fraction of sp³-hybridized carbons (Fsp3) is 0.444. The van der Waals surface area contributed by atoms with Gasteiger partial charge in [-0.05, 0) is 81.7 Å². The van der Waals surface area contributed by atoms with Crippen LogP contribution in [0.3, 0.4) is 0 Å². The van der Waals surface area contributed by atoms with Crippen molar-refractivity contribution in [1.82, 2.24) is 40.4 Å². The highest BCUT2D eigenvalue weighted by atomic mass is 79.9. The van der Waals surface area contributed by atoms with Crippen LogP contribution >= 0.6 is 39.1 Å². The van der Waals surface area contributed by atoms with Gasteiger partial charge in [0, 0.05) is 64.0 Å². The van der Waals surface area contributed by atoms with E-state index in [-0.39, 0.29) is 17.9 Å². The van der Waals surface area contributed by atoms with Crippen LogP contribution in [-0.2, 0) is 9.47 Å². The standard InChI is InChI=1S/C19H25N5O3.C13H20ClN5O2.C4H3BrClN3/c1-19(2,3)27-18(26)24-10-8-23(9-11-24)15-12-14(21-22-17(15)20)13-6-4-5-7-16(13)25;1-13(2,3)21-12(20)19-6-4-18(5-7-19)9-8-10(14)16-17-11(9)15;5-2-1-3(6)8-9-4(2)7/h4-7,12,25H,8-11H2,1-3H3,(H2,20,22);8H,4-7H2,1-3H3,(H2,15,17);1H,(H2,7,9). The van der Waals surface area contributed by atoms with Crippen LogP contribution < -0.4 is 27.0 Å². The summed E-state index contributed by atoms with van der Waals surface area (Å²) in [4.78, 5) is 31.7. The molecule has 2 aliphatic heterocycles. The number of piperazine rings is 2. The lowest BCUT2D eigenvalue weighted by atomic mass is 10.1. The molecule has 0 saturated carbocycles. The number of halogens is 3. The Bertz CT molecular complexity index is 2000. The molecule has 2 amide bonds.